The van der Waals surface area contributed by atoms with Gasteiger partial charge in [0.25, 0.3) is 11.8 Å². The number of thiocarbonyl (C=S) groups is 1. The van der Waals surface area contributed by atoms with E-state index in [0.29, 0.717) is 11.5 Å². The third-order valence-corrected chi connectivity index (χ3v) is 3.83. The third-order valence-electron chi connectivity index (χ3n) is 3.53. The molecule has 8 heteroatoms. The summed E-state index contributed by atoms with van der Waals surface area (Å²) >= 11 is 5.10. The van der Waals surface area contributed by atoms with E-state index in [1.165, 1.54) is 11.0 Å². The van der Waals surface area contributed by atoms with E-state index in [9.17, 15) is 9.59 Å². The molecule has 7 nitrogen and oxygen atoms in total. The Hall–Kier alpha value is -2.35. The second-order valence-corrected chi connectivity index (χ2v) is 5.85. The smallest absolute Gasteiger partial charge is 0.265 e. The summed E-state index contributed by atoms with van der Waals surface area (Å²) in [6, 6.07) is -0.0913. The lowest BCUT2D eigenvalue weighted by molar-refractivity contribution is -0.130. The van der Waals surface area contributed by atoms with Crippen molar-refractivity contribution in [1.82, 2.24) is 20.2 Å². The van der Waals surface area contributed by atoms with E-state index >= 15 is 0 Å². The van der Waals surface area contributed by atoms with Gasteiger partial charge in [0.15, 0.2) is 5.11 Å². The summed E-state index contributed by atoms with van der Waals surface area (Å²) in [6.07, 6.45) is 5.34. The van der Waals surface area contributed by atoms with E-state index in [1.807, 2.05) is 27.9 Å². The molecule has 2 amide bonds. The highest BCUT2D eigenvalue weighted by Crippen LogP contribution is 2.17. The lowest BCUT2D eigenvalue weighted by Crippen LogP contribution is -2.56. The molecule has 2 rings (SSSR count). The quantitative estimate of drug-likeness (QED) is 0.502. The largest absolute Gasteiger partial charge is 0.347 e. The number of amides is 2. The second kappa shape index (κ2) is 6.82. The monoisotopic (exact) mass is 333 g/mol. The Balaban J connectivity index is 2.34. The van der Waals surface area contributed by atoms with Gasteiger partial charge in [-0.15, -0.1) is 0 Å². The summed E-state index contributed by atoms with van der Waals surface area (Å²) in [7, 11) is 3.66. The van der Waals surface area contributed by atoms with Crippen LogP contribution in [0.3, 0.4) is 0 Å². The van der Waals surface area contributed by atoms with Crippen LogP contribution in [0.5, 0.6) is 0 Å². The normalized spacial score (nSPS) is 18.2. The van der Waals surface area contributed by atoms with Crippen LogP contribution in [-0.4, -0.2) is 51.9 Å². The highest BCUT2D eigenvalue weighted by molar-refractivity contribution is 7.80. The topological polar surface area (TPSA) is 78.4 Å². The number of anilines is 1. The highest BCUT2D eigenvalue weighted by Gasteiger charge is 2.35. The molecule has 2 heterocycles. The maximum Gasteiger partial charge on any atom is 0.265 e. The van der Waals surface area contributed by atoms with Crippen LogP contribution < -0.4 is 10.2 Å². The first-order valence-electron chi connectivity index (χ1n) is 7.25. The van der Waals surface area contributed by atoms with Crippen LogP contribution in [-0.2, 0) is 9.59 Å². The summed E-state index contributed by atoms with van der Waals surface area (Å²) in [4.78, 5) is 36.2. The fourth-order valence-corrected chi connectivity index (χ4v) is 2.41. The molecule has 0 bridgehead atoms. The number of carbonyl (C=O) groups excluding carboxylic acids is 2. The molecule has 1 aromatic heterocycles. The molecule has 23 heavy (non-hydrogen) atoms. The predicted molar refractivity (Wildman–Crippen MR) is 91.7 cm³/mol. The zero-order chi connectivity index (χ0) is 17.1. The van der Waals surface area contributed by atoms with E-state index in [0.717, 1.165) is 6.42 Å². The molecule has 0 spiro atoms. The lowest BCUT2D eigenvalue weighted by atomic mass is 10.1. The van der Waals surface area contributed by atoms with E-state index in [2.05, 4.69) is 15.3 Å². The SMILES string of the molecule is CC[C@H](C)N1C(=O)/C(=C/c2cnc(N(C)C)nc2)C(=O)NC1=S. The van der Waals surface area contributed by atoms with Gasteiger partial charge in [0, 0.05) is 38.1 Å². The van der Waals surface area contributed by atoms with Crippen LogP contribution in [0.2, 0.25) is 0 Å². The molecule has 1 fully saturated rings. The van der Waals surface area contributed by atoms with Gasteiger partial charge < -0.3 is 4.90 Å². The van der Waals surface area contributed by atoms with Crippen molar-refractivity contribution in [3.05, 3.63) is 23.5 Å². The number of aromatic nitrogens is 2. The molecular weight excluding hydrogens is 314 g/mol. The Morgan fingerprint density at radius 3 is 2.48 bits per heavy atom. The Morgan fingerprint density at radius 1 is 1.35 bits per heavy atom. The van der Waals surface area contributed by atoms with E-state index in [1.54, 1.807) is 17.3 Å². The molecule has 1 atom stereocenters. The van der Waals surface area contributed by atoms with Crippen LogP contribution in [0.1, 0.15) is 25.8 Å². The van der Waals surface area contributed by atoms with Crippen molar-refractivity contribution in [3.63, 3.8) is 0 Å². The first-order chi connectivity index (χ1) is 10.8. The fourth-order valence-electron chi connectivity index (χ4n) is 2.06. The summed E-state index contributed by atoms with van der Waals surface area (Å²) in [5.74, 6) is -0.352. The Labute approximate surface area is 140 Å². The second-order valence-electron chi connectivity index (χ2n) is 5.46. The van der Waals surface area contributed by atoms with Gasteiger partial charge in [0.05, 0.1) is 0 Å². The van der Waals surface area contributed by atoms with Gasteiger partial charge in [-0.2, -0.15) is 0 Å². The minimum atomic E-state index is -0.503. The maximum atomic E-state index is 12.6. The molecule has 0 aromatic carbocycles. The Kier molecular flexibility index (Phi) is 5.05. The zero-order valence-corrected chi connectivity index (χ0v) is 14.3. The Morgan fingerprint density at radius 2 is 1.96 bits per heavy atom. The molecule has 1 aromatic rings. The number of hydrogen-bond acceptors (Lipinski definition) is 6. The zero-order valence-electron chi connectivity index (χ0n) is 13.5. The number of rotatable bonds is 4. The van der Waals surface area contributed by atoms with Crippen molar-refractivity contribution >= 4 is 41.2 Å². The van der Waals surface area contributed by atoms with Crippen LogP contribution in [0.4, 0.5) is 5.95 Å². The average Bonchev–Trinajstić information content (AvgIpc) is 2.51. The van der Waals surface area contributed by atoms with Gasteiger partial charge in [-0.25, -0.2) is 9.97 Å². The van der Waals surface area contributed by atoms with E-state index in [4.69, 9.17) is 12.2 Å². The molecule has 0 saturated carbocycles. The van der Waals surface area contributed by atoms with Gasteiger partial charge in [-0.05, 0) is 31.6 Å². The number of hydrogen-bond donors (Lipinski definition) is 1. The minimum absolute atomic E-state index is 0.0279. The van der Waals surface area contributed by atoms with Gasteiger partial charge >= 0.3 is 0 Å². The maximum absolute atomic E-state index is 12.6. The standard InChI is InChI=1S/C15H19N5O2S/c1-5-9(2)20-13(22)11(12(21)18-15(20)23)6-10-7-16-14(17-8-10)19(3)4/h6-9H,5H2,1-4H3,(H,18,21,23)/b11-6+/t9-/m0/s1. The average molecular weight is 333 g/mol. The fraction of sp³-hybridized carbons (Fsp3) is 0.400. The van der Waals surface area contributed by atoms with E-state index < -0.39 is 11.8 Å². The van der Waals surface area contributed by atoms with Gasteiger partial charge in [-0.3, -0.25) is 19.8 Å². The van der Waals surface area contributed by atoms with Crippen LogP contribution in [0.25, 0.3) is 6.08 Å². The van der Waals surface area contributed by atoms with Crippen molar-refractivity contribution in [2.45, 2.75) is 26.3 Å². The van der Waals surface area contributed by atoms with Crippen molar-refractivity contribution in [1.29, 1.82) is 0 Å². The van der Waals surface area contributed by atoms with Crippen molar-refractivity contribution in [3.8, 4) is 0 Å². The first-order valence-corrected chi connectivity index (χ1v) is 7.66. The van der Waals surface area contributed by atoms with Crippen LogP contribution in [0, 0.1) is 0 Å². The number of nitrogens with one attached hydrogen (secondary N) is 1. The van der Waals surface area contributed by atoms with Crippen LogP contribution >= 0.6 is 12.2 Å². The number of nitrogens with zero attached hydrogens (tertiary/aromatic N) is 4. The molecular formula is C15H19N5O2S. The molecule has 1 aliphatic heterocycles. The van der Waals surface area contributed by atoms with Gasteiger partial charge in [0.1, 0.15) is 5.57 Å². The summed E-state index contributed by atoms with van der Waals surface area (Å²) in [5, 5.41) is 2.70. The summed E-state index contributed by atoms with van der Waals surface area (Å²) in [6.45, 7) is 3.84. The molecule has 1 saturated heterocycles. The first kappa shape index (κ1) is 17.0. The predicted octanol–water partition coefficient (Wildman–Crippen LogP) is 0.968. The van der Waals surface area contributed by atoms with Crippen molar-refractivity contribution in [2.75, 3.05) is 19.0 Å². The molecule has 0 radical (unpaired) electrons. The number of carbonyl (C=O) groups is 2. The summed E-state index contributed by atoms with van der Waals surface area (Å²) < 4.78 is 0. The molecule has 1 N–H and O–H groups in total. The molecule has 122 valence electrons. The Bertz CT molecular complexity index is 669. The van der Waals surface area contributed by atoms with Crippen LogP contribution in [0.15, 0.2) is 18.0 Å². The molecule has 1 aliphatic rings. The third kappa shape index (κ3) is 3.53. The molecule has 0 unspecified atom stereocenters. The summed E-state index contributed by atoms with van der Waals surface area (Å²) in [5.41, 5.74) is 0.603. The van der Waals surface area contributed by atoms with Gasteiger partial charge in [-0.1, -0.05) is 6.92 Å². The van der Waals surface area contributed by atoms with Crippen molar-refractivity contribution < 1.29 is 9.59 Å². The highest BCUT2D eigenvalue weighted by atomic mass is 32.1. The van der Waals surface area contributed by atoms with Gasteiger partial charge in [0.2, 0.25) is 5.95 Å². The van der Waals surface area contributed by atoms with Crippen molar-refractivity contribution in [2.24, 2.45) is 0 Å². The van der Waals surface area contributed by atoms with E-state index in [-0.39, 0.29) is 16.7 Å². The molecule has 0 aliphatic carbocycles. The minimum Gasteiger partial charge on any atom is -0.347 e. The lowest BCUT2D eigenvalue weighted by Gasteiger charge is -2.33.